The molecule has 5 heteroatoms. The van der Waals surface area contributed by atoms with Crippen LogP contribution in [0.25, 0.3) is 0 Å². The SMILES string of the molecule is CCS(=O)(=O)c1ccc(C(=O)N2CCC3(c4ccccc4)CC3C2)cc1C. The summed E-state index contributed by atoms with van der Waals surface area (Å²) in [4.78, 5) is 15.2. The van der Waals surface area contributed by atoms with Crippen LogP contribution in [-0.2, 0) is 15.3 Å². The minimum atomic E-state index is -3.26. The standard InChI is InChI=1S/C22H25NO3S/c1-3-27(25,26)20-10-9-17(13-16(20)2)21(24)23-12-11-22(14-19(22)15-23)18-7-5-4-6-8-18/h4-10,13,19H,3,11-12,14-15H2,1-2H3. The van der Waals surface area contributed by atoms with Crippen LogP contribution in [0.1, 0.15) is 41.3 Å². The summed E-state index contributed by atoms with van der Waals surface area (Å²) >= 11 is 0. The highest BCUT2D eigenvalue weighted by Gasteiger charge is 2.57. The van der Waals surface area contributed by atoms with Gasteiger partial charge >= 0.3 is 0 Å². The molecule has 0 radical (unpaired) electrons. The van der Waals surface area contributed by atoms with Gasteiger partial charge in [-0.2, -0.15) is 0 Å². The third kappa shape index (κ3) is 3.08. The van der Waals surface area contributed by atoms with Gasteiger partial charge in [-0.05, 0) is 55.0 Å². The van der Waals surface area contributed by atoms with Crippen LogP contribution in [0.3, 0.4) is 0 Å². The van der Waals surface area contributed by atoms with Crippen molar-refractivity contribution in [3.63, 3.8) is 0 Å². The Morgan fingerprint density at radius 3 is 2.56 bits per heavy atom. The Hall–Kier alpha value is -2.14. The molecule has 1 aliphatic carbocycles. The molecular weight excluding hydrogens is 358 g/mol. The highest BCUT2D eigenvalue weighted by molar-refractivity contribution is 7.91. The van der Waals surface area contributed by atoms with Gasteiger partial charge in [0, 0.05) is 24.1 Å². The van der Waals surface area contributed by atoms with Gasteiger partial charge in [0.25, 0.3) is 5.91 Å². The molecule has 2 aromatic rings. The van der Waals surface area contributed by atoms with Crippen LogP contribution in [0.5, 0.6) is 0 Å². The van der Waals surface area contributed by atoms with E-state index in [1.54, 1.807) is 32.0 Å². The first-order valence-electron chi connectivity index (χ1n) is 9.55. The van der Waals surface area contributed by atoms with E-state index in [2.05, 4.69) is 24.3 Å². The zero-order valence-corrected chi connectivity index (χ0v) is 16.6. The molecule has 2 aromatic carbocycles. The molecule has 27 heavy (non-hydrogen) atoms. The number of likely N-dealkylation sites (tertiary alicyclic amines) is 1. The van der Waals surface area contributed by atoms with E-state index < -0.39 is 9.84 Å². The molecule has 142 valence electrons. The number of carbonyl (C=O) groups excluding carboxylic acids is 1. The molecule has 0 bridgehead atoms. The van der Waals surface area contributed by atoms with Crippen molar-refractivity contribution < 1.29 is 13.2 Å². The maximum Gasteiger partial charge on any atom is 0.253 e. The van der Waals surface area contributed by atoms with Crippen LogP contribution in [0.2, 0.25) is 0 Å². The maximum absolute atomic E-state index is 13.0. The molecule has 2 aliphatic rings. The van der Waals surface area contributed by atoms with Gasteiger partial charge < -0.3 is 4.90 Å². The predicted octanol–water partition coefficient (Wildman–Crippen LogP) is 3.59. The maximum atomic E-state index is 13.0. The lowest BCUT2D eigenvalue weighted by molar-refractivity contribution is 0.0707. The summed E-state index contributed by atoms with van der Waals surface area (Å²) in [5, 5.41) is 0. The van der Waals surface area contributed by atoms with Gasteiger partial charge in [0.05, 0.1) is 10.6 Å². The number of amides is 1. The normalized spacial score (nSPS) is 24.4. The van der Waals surface area contributed by atoms with E-state index >= 15 is 0 Å². The van der Waals surface area contributed by atoms with E-state index in [-0.39, 0.29) is 17.1 Å². The van der Waals surface area contributed by atoms with Crippen LogP contribution in [0, 0.1) is 12.8 Å². The van der Waals surface area contributed by atoms with Crippen molar-refractivity contribution in [2.24, 2.45) is 5.92 Å². The lowest BCUT2D eigenvalue weighted by atomic mass is 9.87. The van der Waals surface area contributed by atoms with Crippen molar-refractivity contribution in [1.82, 2.24) is 4.90 Å². The van der Waals surface area contributed by atoms with Gasteiger partial charge in [-0.15, -0.1) is 0 Å². The minimum absolute atomic E-state index is 0.00658. The van der Waals surface area contributed by atoms with Crippen molar-refractivity contribution >= 4 is 15.7 Å². The Bertz CT molecular complexity index is 984. The zero-order valence-electron chi connectivity index (χ0n) is 15.8. The summed E-state index contributed by atoms with van der Waals surface area (Å²) in [6.45, 7) is 4.92. The van der Waals surface area contributed by atoms with Crippen LogP contribution < -0.4 is 0 Å². The first-order chi connectivity index (χ1) is 12.9. The number of sulfone groups is 1. The number of carbonyl (C=O) groups is 1. The first kappa shape index (κ1) is 18.2. The van der Waals surface area contributed by atoms with Crippen LogP contribution in [-0.4, -0.2) is 38.1 Å². The summed E-state index contributed by atoms with van der Waals surface area (Å²) in [6, 6.07) is 15.6. The Morgan fingerprint density at radius 2 is 1.93 bits per heavy atom. The van der Waals surface area contributed by atoms with E-state index in [4.69, 9.17) is 0 Å². The number of benzene rings is 2. The van der Waals surface area contributed by atoms with Crippen molar-refractivity contribution in [2.75, 3.05) is 18.8 Å². The molecule has 1 saturated carbocycles. The van der Waals surface area contributed by atoms with Gasteiger partial charge in [-0.25, -0.2) is 8.42 Å². The number of hydrogen-bond acceptors (Lipinski definition) is 3. The highest BCUT2D eigenvalue weighted by Crippen LogP contribution is 2.59. The van der Waals surface area contributed by atoms with Gasteiger partial charge in [-0.3, -0.25) is 4.79 Å². The molecule has 2 atom stereocenters. The second-order valence-electron chi connectivity index (χ2n) is 7.81. The second kappa shape index (κ2) is 6.48. The highest BCUT2D eigenvalue weighted by atomic mass is 32.2. The van der Waals surface area contributed by atoms with Crippen LogP contribution in [0.4, 0.5) is 0 Å². The molecule has 1 heterocycles. The molecule has 4 nitrogen and oxygen atoms in total. The topological polar surface area (TPSA) is 54.5 Å². The number of nitrogens with zero attached hydrogens (tertiary/aromatic N) is 1. The molecule has 0 spiro atoms. The fourth-order valence-electron chi connectivity index (χ4n) is 4.54. The zero-order chi connectivity index (χ0) is 19.2. The fraction of sp³-hybridized carbons (Fsp3) is 0.409. The van der Waals surface area contributed by atoms with Gasteiger partial charge in [0.15, 0.2) is 9.84 Å². The number of aryl methyl sites for hydroxylation is 1. The molecule has 0 N–H and O–H groups in total. The smallest absolute Gasteiger partial charge is 0.253 e. The van der Waals surface area contributed by atoms with Crippen LogP contribution >= 0.6 is 0 Å². The largest absolute Gasteiger partial charge is 0.338 e. The summed E-state index contributed by atoms with van der Waals surface area (Å²) in [5.41, 5.74) is 2.87. The lowest BCUT2D eigenvalue weighted by Gasteiger charge is -2.32. The Morgan fingerprint density at radius 1 is 1.19 bits per heavy atom. The molecule has 2 fully saturated rings. The van der Waals surface area contributed by atoms with E-state index in [1.165, 1.54) is 5.56 Å². The van der Waals surface area contributed by atoms with Crippen molar-refractivity contribution in [3.05, 3.63) is 65.2 Å². The molecular formula is C22H25NO3S. The summed E-state index contributed by atoms with van der Waals surface area (Å²) in [6.07, 6.45) is 2.14. The van der Waals surface area contributed by atoms with Gasteiger partial charge in [0.2, 0.25) is 0 Å². The van der Waals surface area contributed by atoms with Gasteiger partial charge in [0.1, 0.15) is 0 Å². The average molecular weight is 384 g/mol. The Kier molecular flexibility index (Phi) is 4.38. The van der Waals surface area contributed by atoms with Crippen molar-refractivity contribution in [2.45, 2.75) is 37.0 Å². The number of piperidine rings is 1. The summed E-state index contributed by atoms with van der Waals surface area (Å²) in [5.74, 6) is 0.599. The third-order valence-electron chi connectivity index (χ3n) is 6.27. The van der Waals surface area contributed by atoms with Crippen molar-refractivity contribution in [3.8, 4) is 0 Å². The predicted molar refractivity (Wildman–Crippen MR) is 106 cm³/mol. The number of hydrogen-bond donors (Lipinski definition) is 0. The third-order valence-corrected chi connectivity index (χ3v) is 8.16. The average Bonchev–Trinajstić information content (AvgIpc) is 3.43. The quantitative estimate of drug-likeness (QED) is 0.811. The van der Waals surface area contributed by atoms with Crippen LogP contribution in [0.15, 0.2) is 53.4 Å². The number of fused-ring (bicyclic) bond motifs is 1. The molecule has 4 rings (SSSR count). The van der Waals surface area contributed by atoms with E-state index in [0.29, 0.717) is 21.9 Å². The number of rotatable bonds is 4. The Labute approximate surface area is 161 Å². The first-order valence-corrected chi connectivity index (χ1v) is 11.2. The second-order valence-corrected chi connectivity index (χ2v) is 10.1. The lowest BCUT2D eigenvalue weighted by Crippen LogP contribution is -2.40. The monoisotopic (exact) mass is 383 g/mol. The molecule has 0 aromatic heterocycles. The summed E-state index contributed by atoms with van der Waals surface area (Å²) < 4.78 is 24.3. The van der Waals surface area contributed by atoms with E-state index in [9.17, 15) is 13.2 Å². The van der Waals surface area contributed by atoms with Crippen molar-refractivity contribution in [1.29, 1.82) is 0 Å². The molecule has 1 saturated heterocycles. The molecule has 1 amide bonds. The minimum Gasteiger partial charge on any atom is -0.338 e. The summed E-state index contributed by atoms with van der Waals surface area (Å²) in [7, 11) is -3.26. The fourth-order valence-corrected chi connectivity index (χ4v) is 5.68. The Balaban J connectivity index is 1.50. The molecule has 1 aliphatic heterocycles. The van der Waals surface area contributed by atoms with E-state index in [0.717, 1.165) is 25.9 Å². The molecule has 2 unspecified atom stereocenters. The van der Waals surface area contributed by atoms with E-state index in [1.807, 2.05) is 11.0 Å². The van der Waals surface area contributed by atoms with Gasteiger partial charge in [-0.1, -0.05) is 37.3 Å².